The van der Waals surface area contributed by atoms with E-state index >= 15 is 0 Å². The molecule has 0 atom stereocenters. The van der Waals surface area contributed by atoms with Crippen LogP contribution < -0.4 is 0 Å². The number of carbonyl (C=O) groups is 1. The van der Waals surface area contributed by atoms with Crippen LogP contribution in [-0.2, 0) is 0 Å². The largest absolute Gasteiger partial charge is 0.291 e. The molecule has 0 spiro atoms. The van der Waals surface area contributed by atoms with Crippen LogP contribution in [0.3, 0.4) is 0 Å². The number of halogens is 1. The summed E-state index contributed by atoms with van der Waals surface area (Å²) in [4.78, 5) is 12.2. The number of carbonyl (C=O) groups excluding carboxylic acids is 1. The topological polar surface area (TPSA) is 34.9 Å². The minimum Gasteiger partial charge on any atom is -0.291 e. The number of thioether (sulfide) groups is 1. The van der Waals surface area contributed by atoms with Crippen LogP contribution in [0, 0.1) is 0 Å². The molecule has 0 unspecified atom stereocenters. The Balaban J connectivity index is 2.01. The summed E-state index contributed by atoms with van der Waals surface area (Å²) in [5, 5.41) is 5.30. The van der Waals surface area contributed by atoms with Crippen molar-refractivity contribution in [3.63, 3.8) is 0 Å². The van der Waals surface area contributed by atoms with E-state index in [1.54, 1.807) is 22.6 Å². The van der Waals surface area contributed by atoms with Crippen molar-refractivity contribution >= 4 is 29.1 Å². The number of hydrogen-bond acceptors (Lipinski definition) is 3. The second-order valence-electron chi connectivity index (χ2n) is 5.02. The molecule has 0 radical (unpaired) electrons. The molecule has 0 bridgehead atoms. The monoisotopic (exact) mass is 286 g/mol. The molecule has 0 aromatic carbocycles. The maximum Gasteiger partial charge on any atom is 0.192 e. The van der Waals surface area contributed by atoms with Crippen LogP contribution in [0.2, 0.25) is 5.02 Å². The third-order valence-corrected chi connectivity index (χ3v) is 4.90. The van der Waals surface area contributed by atoms with Crippen molar-refractivity contribution in [2.45, 2.75) is 50.8 Å². The Morgan fingerprint density at radius 1 is 1.56 bits per heavy atom. The minimum atomic E-state index is 0.100. The second kappa shape index (κ2) is 6.11. The zero-order chi connectivity index (χ0) is 13.1. The number of rotatable bonds is 5. The van der Waals surface area contributed by atoms with Gasteiger partial charge >= 0.3 is 0 Å². The first kappa shape index (κ1) is 13.9. The van der Waals surface area contributed by atoms with E-state index < -0.39 is 0 Å². The van der Waals surface area contributed by atoms with Gasteiger partial charge in [0, 0.05) is 11.3 Å². The molecule has 1 aromatic heterocycles. The van der Waals surface area contributed by atoms with Crippen molar-refractivity contribution in [2.24, 2.45) is 0 Å². The molecule has 1 aliphatic rings. The predicted molar refractivity (Wildman–Crippen MR) is 76.7 cm³/mol. The lowest BCUT2D eigenvalue weighted by atomic mass is 10.3. The number of Topliss-reactive ketones (excluding diaryl/α,β-unsaturated/α-hetero) is 1. The Labute approximate surface area is 117 Å². The van der Waals surface area contributed by atoms with E-state index in [0.29, 0.717) is 21.7 Å². The molecule has 100 valence electrons. The highest BCUT2D eigenvalue weighted by molar-refractivity contribution is 8.00. The van der Waals surface area contributed by atoms with E-state index in [4.69, 9.17) is 11.6 Å². The summed E-state index contributed by atoms with van der Waals surface area (Å²) in [6.07, 6.45) is 6.66. The van der Waals surface area contributed by atoms with Crippen molar-refractivity contribution in [2.75, 3.05) is 5.75 Å². The Hall–Kier alpha value is -0.480. The molecule has 3 nitrogen and oxygen atoms in total. The summed E-state index contributed by atoms with van der Waals surface area (Å²) in [5.74, 6) is 0.617. The molecule has 2 rings (SSSR count). The summed E-state index contributed by atoms with van der Waals surface area (Å²) < 4.78 is 1.72. The molecule has 1 heterocycles. The Morgan fingerprint density at radius 2 is 2.22 bits per heavy atom. The SMILES string of the molecule is CC(C)n1ncc(Cl)c1C(=O)CSC1CCCC1. The highest BCUT2D eigenvalue weighted by Crippen LogP contribution is 2.30. The highest BCUT2D eigenvalue weighted by atomic mass is 35.5. The van der Waals surface area contributed by atoms with Gasteiger partial charge < -0.3 is 0 Å². The van der Waals surface area contributed by atoms with Gasteiger partial charge in [0.25, 0.3) is 0 Å². The molecule has 5 heteroatoms. The molecule has 1 aromatic rings. The Kier molecular flexibility index (Phi) is 4.73. The molecule has 0 amide bonds. The molecule has 0 N–H and O–H groups in total. The van der Waals surface area contributed by atoms with E-state index in [0.717, 1.165) is 0 Å². The summed E-state index contributed by atoms with van der Waals surface area (Å²) in [6, 6.07) is 0.160. The van der Waals surface area contributed by atoms with Gasteiger partial charge in [-0.05, 0) is 26.7 Å². The third-order valence-electron chi connectivity index (χ3n) is 3.26. The van der Waals surface area contributed by atoms with E-state index in [1.165, 1.54) is 25.7 Å². The van der Waals surface area contributed by atoms with E-state index in [1.807, 2.05) is 13.8 Å². The molecule has 1 saturated carbocycles. The number of nitrogens with zero attached hydrogens (tertiary/aromatic N) is 2. The average Bonchev–Trinajstić information content (AvgIpc) is 2.94. The second-order valence-corrected chi connectivity index (χ2v) is 6.72. The van der Waals surface area contributed by atoms with E-state index in [2.05, 4.69) is 5.10 Å². The summed E-state index contributed by atoms with van der Waals surface area (Å²) in [5.41, 5.74) is 0.567. The standard InChI is InChI=1S/C13H19ClN2OS/c1-9(2)16-13(11(14)7-15-16)12(17)8-18-10-5-3-4-6-10/h7,9-10H,3-6,8H2,1-2H3. The van der Waals surface area contributed by atoms with Gasteiger partial charge in [0.1, 0.15) is 5.69 Å². The smallest absolute Gasteiger partial charge is 0.192 e. The van der Waals surface area contributed by atoms with Crippen LogP contribution in [0.1, 0.15) is 56.1 Å². The van der Waals surface area contributed by atoms with Gasteiger partial charge in [-0.1, -0.05) is 24.4 Å². The number of hydrogen-bond donors (Lipinski definition) is 0. The molecule has 0 saturated heterocycles. The molecule has 1 aliphatic carbocycles. The van der Waals surface area contributed by atoms with Crippen molar-refractivity contribution in [1.82, 2.24) is 9.78 Å². The van der Waals surface area contributed by atoms with Crippen molar-refractivity contribution in [1.29, 1.82) is 0 Å². The summed E-state index contributed by atoms with van der Waals surface area (Å²) in [7, 11) is 0. The van der Waals surface area contributed by atoms with Crippen LogP contribution in [0.5, 0.6) is 0 Å². The lowest BCUT2D eigenvalue weighted by molar-refractivity contribution is 0.101. The first-order valence-electron chi connectivity index (χ1n) is 6.47. The van der Waals surface area contributed by atoms with E-state index in [-0.39, 0.29) is 11.8 Å². The van der Waals surface area contributed by atoms with Gasteiger partial charge in [-0.15, -0.1) is 0 Å². The van der Waals surface area contributed by atoms with Gasteiger partial charge in [0.2, 0.25) is 0 Å². The fraction of sp³-hybridized carbons (Fsp3) is 0.692. The van der Waals surface area contributed by atoms with Crippen LogP contribution in [0.25, 0.3) is 0 Å². The van der Waals surface area contributed by atoms with Gasteiger partial charge in [0.15, 0.2) is 5.78 Å². The third kappa shape index (κ3) is 3.09. The summed E-state index contributed by atoms with van der Waals surface area (Å²) >= 11 is 7.84. The van der Waals surface area contributed by atoms with Crippen molar-refractivity contribution < 1.29 is 4.79 Å². The minimum absolute atomic E-state index is 0.100. The van der Waals surface area contributed by atoms with Crippen LogP contribution in [0.4, 0.5) is 0 Å². The van der Waals surface area contributed by atoms with Crippen molar-refractivity contribution in [3.8, 4) is 0 Å². The first-order chi connectivity index (χ1) is 8.59. The lowest BCUT2D eigenvalue weighted by Crippen LogP contribution is -2.15. The van der Waals surface area contributed by atoms with Crippen LogP contribution in [-0.4, -0.2) is 26.6 Å². The predicted octanol–water partition coefficient (Wildman–Crippen LogP) is 3.98. The average molecular weight is 287 g/mol. The zero-order valence-electron chi connectivity index (χ0n) is 10.9. The fourth-order valence-electron chi connectivity index (χ4n) is 2.31. The van der Waals surface area contributed by atoms with Gasteiger partial charge in [-0.2, -0.15) is 16.9 Å². The molecular weight excluding hydrogens is 268 g/mol. The maximum atomic E-state index is 12.2. The van der Waals surface area contributed by atoms with Crippen LogP contribution in [0.15, 0.2) is 6.20 Å². The highest BCUT2D eigenvalue weighted by Gasteiger charge is 2.22. The van der Waals surface area contributed by atoms with Crippen molar-refractivity contribution in [3.05, 3.63) is 16.9 Å². The van der Waals surface area contributed by atoms with Crippen LogP contribution >= 0.6 is 23.4 Å². The molecule has 1 fully saturated rings. The molecular formula is C13H19ClN2OS. The zero-order valence-corrected chi connectivity index (χ0v) is 12.4. The van der Waals surface area contributed by atoms with E-state index in [9.17, 15) is 4.79 Å². The normalized spacial score (nSPS) is 16.7. The van der Waals surface area contributed by atoms with Gasteiger partial charge in [-0.25, -0.2) is 0 Å². The van der Waals surface area contributed by atoms with Gasteiger partial charge in [0.05, 0.1) is 17.0 Å². The lowest BCUT2D eigenvalue weighted by Gasteiger charge is -2.12. The van der Waals surface area contributed by atoms with Gasteiger partial charge in [-0.3, -0.25) is 9.48 Å². The fourth-order valence-corrected chi connectivity index (χ4v) is 3.74. The summed E-state index contributed by atoms with van der Waals surface area (Å²) in [6.45, 7) is 4.01. The first-order valence-corrected chi connectivity index (χ1v) is 7.90. The Bertz CT molecular complexity index is 425. The number of aromatic nitrogens is 2. The maximum absolute atomic E-state index is 12.2. The Morgan fingerprint density at radius 3 is 2.83 bits per heavy atom. The quantitative estimate of drug-likeness (QED) is 0.768. The molecule has 18 heavy (non-hydrogen) atoms. The molecule has 0 aliphatic heterocycles. The number of ketones is 1.